The van der Waals surface area contributed by atoms with Crippen molar-refractivity contribution in [2.75, 3.05) is 26.2 Å². The fourth-order valence-corrected chi connectivity index (χ4v) is 4.42. The summed E-state index contributed by atoms with van der Waals surface area (Å²) in [6.07, 6.45) is 17.3. The number of carbonyl (C=O) groups excluding carboxylic acids is 1. The van der Waals surface area contributed by atoms with Gasteiger partial charge in [-0.3, -0.25) is 9.59 Å². The van der Waals surface area contributed by atoms with E-state index < -0.39 is 17.9 Å². The molecule has 0 aromatic rings. The Morgan fingerprint density at radius 1 is 0.636 bits per heavy atom. The number of carboxylic acids is 3. The third-order valence-electron chi connectivity index (χ3n) is 6.30. The van der Waals surface area contributed by atoms with Gasteiger partial charge in [-0.25, -0.2) is 0 Å². The molecule has 0 radical (unpaired) electrons. The highest BCUT2D eigenvalue weighted by molar-refractivity contribution is 5.66. The lowest BCUT2D eigenvalue weighted by Crippen LogP contribution is -2.51. The summed E-state index contributed by atoms with van der Waals surface area (Å²) in [4.78, 5) is 32.6. The van der Waals surface area contributed by atoms with Crippen LogP contribution in [0.5, 0.6) is 0 Å². The van der Waals surface area contributed by atoms with Crippen molar-refractivity contribution < 1.29 is 34.2 Å². The molecule has 7 nitrogen and oxygen atoms in total. The second kappa shape index (κ2) is 20.7. The quantitative estimate of drug-likeness (QED) is 0.122. The largest absolute Gasteiger partial charge is 0.550 e. The lowest BCUT2D eigenvalue weighted by molar-refractivity contribution is -0.929. The molecule has 0 unspecified atom stereocenters. The molecule has 0 spiro atoms. The average molecular weight is 470 g/mol. The van der Waals surface area contributed by atoms with Crippen LogP contribution in [0.1, 0.15) is 110 Å². The predicted octanol–water partition coefficient (Wildman–Crippen LogP) is 4.54. The highest BCUT2D eigenvalue weighted by Crippen LogP contribution is 2.19. The molecule has 0 aromatic heterocycles. The Kier molecular flexibility index (Phi) is 19.5. The third-order valence-corrected chi connectivity index (χ3v) is 6.30. The van der Waals surface area contributed by atoms with Gasteiger partial charge in [-0.2, -0.15) is 0 Å². The van der Waals surface area contributed by atoms with Gasteiger partial charge in [0.2, 0.25) is 0 Å². The van der Waals surface area contributed by atoms with E-state index in [2.05, 4.69) is 12.2 Å². The monoisotopic (exact) mass is 469 g/mol. The summed E-state index contributed by atoms with van der Waals surface area (Å²) >= 11 is 0. The van der Waals surface area contributed by atoms with Crippen molar-refractivity contribution in [1.82, 2.24) is 0 Å². The SMILES string of the molecule is C/C=C/CCCCCCCC[N+](CCCCC(=O)[O-])(CCCCC(=O)O)CCCCC(=O)O. The van der Waals surface area contributed by atoms with Crippen LogP contribution in [0.3, 0.4) is 0 Å². The van der Waals surface area contributed by atoms with Crippen molar-refractivity contribution in [3.8, 4) is 0 Å². The number of carboxylic acid groups (broad SMARTS) is 3. The fourth-order valence-electron chi connectivity index (χ4n) is 4.42. The Bertz CT molecular complexity index is 506. The number of hydrogen-bond acceptors (Lipinski definition) is 4. The molecule has 0 aliphatic carbocycles. The number of aliphatic carboxylic acids is 3. The molecule has 0 aliphatic rings. The van der Waals surface area contributed by atoms with E-state index in [0.717, 1.165) is 69.2 Å². The molecule has 33 heavy (non-hydrogen) atoms. The van der Waals surface area contributed by atoms with E-state index in [1.807, 2.05) is 6.92 Å². The van der Waals surface area contributed by atoms with Crippen molar-refractivity contribution in [2.45, 2.75) is 110 Å². The van der Waals surface area contributed by atoms with Crippen LogP contribution in [0, 0.1) is 0 Å². The summed E-state index contributed by atoms with van der Waals surface area (Å²) in [6.45, 7) is 5.64. The highest BCUT2D eigenvalue weighted by Gasteiger charge is 2.26. The van der Waals surface area contributed by atoms with E-state index in [4.69, 9.17) is 10.2 Å². The number of nitrogens with zero attached hydrogens (tertiary/aromatic N) is 1. The molecule has 0 aromatic carbocycles. The normalized spacial score (nSPS) is 11.8. The molecule has 0 heterocycles. The van der Waals surface area contributed by atoms with Gasteiger partial charge in [0, 0.05) is 18.8 Å². The molecule has 0 saturated heterocycles. The van der Waals surface area contributed by atoms with E-state index in [-0.39, 0.29) is 19.3 Å². The second-order valence-electron chi connectivity index (χ2n) is 9.25. The maximum atomic E-state index is 10.9. The summed E-state index contributed by atoms with van der Waals surface area (Å²) in [5.74, 6) is -2.58. The Balaban J connectivity index is 4.80. The van der Waals surface area contributed by atoms with Crippen LogP contribution in [0.15, 0.2) is 12.2 Å². The summed E-state index contributed by atoms with van der Waals surface area (Å²) in [6, 6.07) is 0. The molecule has 0 fully saturated rings. The summed E-state index contributed by atoms with van der Waals surface area (Å²) in [5.41, 5.74) is 0. The van der Waals surface area contributed by atoms with Gasteiger partial charge in [-0.05, 0) is 77.6 Å². The van der Waals surface area contributed by atoms with Crippen molar-refractivity contribution in [3.63, 3.8) is 0 Å². The summed E-state index contributed by atoms with van der Waals surface area (Å²) in [7, 11) is 0. The highest BCUT2D eigenvalue weighted by atomic mass is 16.4. The fraction of sp³-hybridized carbons (Fsp3) is 0.808. The standard InChI is InChI=1S/C26H47NO6/c1-2-3-4-5-6-7-8-9-13-20-27(21-14-10-17-24(28)29,22-15-11-18-25(30)31)23-16-12-19-26(32)33/h2-3H,4-23H2,1H3,(H2-,28,29,30,31,32,33)/b3-2+. The number of unbranched alkanes of at least 4 members (excludes halogenated alkanes) is 9. The molecule has 0 amide bonds. The molecule has 0 bridgehead atoms. The topological polar surface area (TPSA) is 115 Å². The van der Waals surface area contributed by atoms with E-state index in [9.17, 15) is 19.5 Å². The Morgan fingerprint density at radius 3 is 1.45 bits per heavy atom. The Hall–Kier alpha value is -1.89. The van der Waals surface area contributed by atoms with Gasteiger partial charge in [0.25, 0.3) is 0 Å². The first kappa shape index (κ1) is 31.1. The van der Waals surface area contributed by atoms with E-state index in [0.29, 0.717) is 19.3 Å². The van der Waals surface area contributed by atoms with Crippen molar-refractivity contribution in [3.05, 3.63) is 12.2 Å². The van der Waals surface area contributed by atoms with Crippen LogP contribution in [0.25, 0.3) is 0 Å². The Labute approximate surface area is 200 Å². The maximum absolute atomic E-state index is 10.9. The van der Waals surface area contributed by atoms with Gasteiger partial charge >= 0.3 is 11.9 Å². The van der Waals surface area contributed by atoms with Crippen LogP contribution < -0.4 is 5.11 Å². The third kappa shape index (κ3) is 20.4. The summed E-state index contributed by atoms with van der Waals surface area (Å²) < 4.78 is 0.841. The lowest BCUT2D eigenvalue weighted by Gasteiger charge is -2.39. The van der Waals surface area contributed by atoms with Crippen molar-refractivity contribution in [2.24, 2.45) is 0 Å². The van der Waals surface area contributed by atoms with Crippen molar-refractivity contribution >= 4 is 17.9 Å². The first-order valence-electron chi connectivity index (χ1n) is 12.9. The van der Waals surface area contributed by atoms with Gasteiger partial charge in [0.1, 0.15) is 0 Å². The van der Waals surface area contributed by atoms with E-state index >= 15 is 0 Å². The van der Waals surface area contributed by atoms with Crippen LogP contribution in [-0.2, 0) is 14.4 Å². The van der Waals surface area contributed by atoms with Crippen LogP contribution in [0.2, 0.25) is 0 Å². The first-order valence-corrected chi connectivity index (χ1v) is 12.9. The zero-order valence-electron chi connectivity index (χ0n) is 20.8. The van der Waals surface area contributed by atoms with Crippen LogP contribution in [-0.4, -0.2) is 58.8 Å². The molecular weight excluding hydrogens is 422 g/mol. The molecule has 0 aliphatic heterocycles. The van der Waals surface area contributed by atoms with Crippen molar-refractivity contribution in [1.29, 1.82) is 0 Å². The average Bonchev–Trinajstić information content (AvgIpc) is 2.75. The molecule has 7 heteroatoms. The molecule has 0 rings (SSSR count). The van der Waals surface area contributed by atoms with Gasteiger partial charge in [-0.15, -0.1) is 0 Å². The number of carbonyl (C=O) groups is 3. The van der Waals surface area contributed by atoms with Gasteiger partial charge in [0.05, 0.1) is 26.2 Å². The van der Waals surface area contributed by atoms with E-state index in [1.165, 1.54) is 25.7 Å². The van der Waals surface area contributed by atoms with Gasteiger partial charge < -0.3 is 24.6 Å². The van der Waals surface area contributed by atoms with Gasteiger partial charge in [0.15, 0.2) is 0 Å². The minimum absolute atomic E-state index is 0.0608. The predicted molar refractivity (Wildman–Crippen MR) is 129 cm³/mol. The smallest absolute Gasteiger partial charge is 0.303 e. The minimum Gasteiger partial charge on any atom is -0.550 e. The summed E-state index contributed by atoms with van der Waals surface area (Å²) in [5, 5.41) is 28.7. The first-order chi connectivity index (χ1) is 15.8. The number of rotatable bonds is 24. The molecule has 2 N–H and O–H groups in total. The maximum Gasteiger partial charge on any atom is 0.303 e. The number of hydrogen-bond donors (Lipinski definition) is 2. The number of quaternary nitrogens is 1. The minimum atomic E-state index is -1.02. The molecular formula is C26H47NO6. The van der Waals surface area contributed by atoms with Crippen LogP contribution >= 0.6 is 0 Å². The van der Waals surface area contributed by atoms with Gasteiger partial charge in [-0.1, -0.05) is 31.4 Å². The van der Waals surface area contributed by atoms with Crippen LogP contribution in [0.4, 0.5) is 0 Å². The Morgan fingerprint density at radius 2 is 1.03 bits per heavy atom. The zero-order valence-corrected chi connectivity index (χ0v) is 20.8. The molecule has 0 saturated carbocycles. The van der Waals surface area contributed by atoms with E-state index in [1.54, 1.807) is 0 Å². The molecule has 0 atom stereocenters. The number of allylic oxidation sites excluding steroid dienone is 2. The lowest BCUT2D eigenvalue weighted by atomic mass is 10.1. The second-order valence-corrected chi connectivity index (χ2v) is 9.25. The zero-order chi connectivity index (χ0) is 24.8. The molecule has 192 valence electrons.